The fraction of sp³-hybridized carbons (Fsp3) is 0.500. The lowest BCUT2D eigenvalue weighted by atomic mass is 9.83. The standard InChI is InChI=1S/C14H20N2O2S/c1-3-18-12-8-11(15)13(12)16-14(17)9-4-6-10(19-2)7-5-9/h4-7,11-13H,3,8,15H2,1-2H3,(H,16,17). The molecule has 0 aromatic heterocycles. The topological polar surface area (TPSA) is 64.3 Å². The van der Waals surface area contributed by atoms with Gasteiger partial charge in [0.25, 0.3) is 5.91 Å². The zero-order valence-corrected chi connectivity index (χ0v) is 12.1. The highest BCUT2D eigenvalue weighted by Crippen LogP contribution is 2.23. The molecular weight excluding hydrogens is 260 g/mol. The summed E-state index contributed by atoms with van der Waals surface area (Å²) in [4.78, 5) is 13.3. The van der Waals surface area contributed by atoms with Crippen molar-refractivity contribution in [2.75, 3.05) is 12.9 Å². The maximum Gasteiger partial charge on any atom is 0.251 e. The quantitative estimate of drug-likeness (QED) is 0.805. The molecule has 1 aromatic rings. The molecule has 0 saturated heterocycles. The van der Waals surface area contributed by atoms with Crippen molar-refractivity contribution in [3.63, 3.8) is 0 Å². The third kappa shape index (κ3) is 3.29. The number of nitrogens with one attached hydrogen (secondary N) is 1. The van der Waals surface area contributed by atoms with Crippen molar-refractivity contribution in [2.24, 2.45) is 5.73 Å². The van der Waals surface area contributed by atoms with Crippen LogP contribution in [0.3, 0.4) is 0 Å². The third-order valence-corrected chi connectivity index (χ3v) is 4.14. The minimum Gasteiger partial charge on any atom is -0.376 e. The molecule has 1 aromatic carbocycles. The van der Waals surface area contributed by atoms with Crippen LogP contribution in [0.25, 0.3) is 0 Å². The average molecular weight is 280 g/mol. The second-order valence-corrected chi connectivity index (χ2v) is 5.50. The van der Waals surface area contributed by atoms with Crippen molar-refractivity contribution >= 4 is 17.7 Å². The van der Waals surface area contributed by atoms with Gasteiger partial charge in [0.15, 0.2) is 0 Å². The number of amides is 1. The smallest absolute Gasteiger partial charge is 0.251 e. The summed E-state index contributed by atoms with van der Waals surface area (Å²) in [6.45, 7) is 2.59. The Kier molecular flexibility index (Phi) is 4.85. The lowest BCUT2D eigenvalue weighted by Gasteiger charge is -2.42. The average Bonchev–Trinajstić information content (AvgIpc) is 2.44. The molecule has 3 atom stereocenters. The lowest BCUT2D eigenvalue weighted by Crippen LogP contribution is -2.64. The number of hydrogen-bond donors (Lipinski definition) is 2. The maximum atomic E-state index is 12.1. The predicted octanol–water partition coefficient (Wildman–Crippen LogP) is 1.64. The second-order valence-electron chi connectivity index (χ2n) is 4.62. The monoisotopic (exact) mass is 280 g/mol. The van der Waals surface area contributed by atoms with Crippen LogP contribution in [-0.2, 0) is 4.74 Å². The molecule has 104 valence electrons. The first kappa shape index (κ1) is 14.4. The molecular formula is C14H20N2O2S. The van der Waals surface area contributed by atoms with Gasteiger partial charge < -0.3 is 15.8 Å². The van der Waals surface area contributed by atoms with Gasteiger partial charge in [-0.15, -0.1) is 11.8 Å². The Balaban J connectivity index is 1.96. The van der Waals surface area contributed by atoms with Gasteiger partial charge in [-0.2, -0.15) is 0 Å². The van der Waals surface area contributed by atoms with Gasteiger partial charge in [-0.3, -0.25) is 4.79 Å². The number of hydrogen-bond acceptors (Lipinski definition) is 4. The molecule has 4 nitrogen and oxygen atoms in total. The van der Waals surface area contributed by atoms with E-state index in [1.807, 2.05) is 37.4 Å². The summed E-state index contributed by atoms with van der Waals surface area (Å²) in [5, 5.41) is 2.96. The molecule has 1 aliphatic rings. The van der Waals surface area contributed by atoms with E-state index >= 15 is 0 Å². The minimum atomic E-state index is -0.0856. The number of thioether (sulfide) groups is 1. The molecule has 1 amide bonds. The zero-order valence-electron chi connectivity index (χ0n) is 11.3. The van der Waals surface area contributed by atoms with Gasteiger partial charge in [-0.05, 0) is 43.9 Å². The van der Waals surface area contributed by atoms with E-state index in [2.05, 4.69) is 5.32 Å². The summed E-state index contributed by atoms with van der Waals surface area (Å²) in [5.74, 6) is -0.0856. The van der Waals surface area contributed by atoms with Crippen molar-refractivity contribution in [3.05, 3.63) is 29.8 Å². The van der Waals surface area contributed by atoms with Gasteiger partial charge in [0.2, 0.25) is 0 Å². The van der Waals surface area contributed by atoms with Gasteiger partial charge in [0.05, 0.1) is 12.1 Å². The summed E-state index contributed by atoms with van der Waals surface area (Å²) < 4.78 is 5.54. The van der Waals surface area contributed by atoms with E-state index in [1.165, 1.54) is 0 Å². The SMILES string of the molecule is CCOC1CC(N)C1NC(=O)c1ccc(SC)cc1. The number of rotatable bonds is 5. The van der Waals surface area contributed by atoms with Crippen molar-refractivity contribution in [1.29, 1.82) is 0 Å². The molecule has 0 heterocycles. The first-order valence-electron chi connectivity index (χ1n) is 6.47. The molecule has 0 bridgehead atoms. The van der Waals surface area contributed by atoms with Crippen LogP contribution in [-0.4, -0.2) is 37.0 Å². The Labute approximate surface area is 118 Å². The van der Waals surface area contributed by atoms with Crippen LogP contribution in [0.2, 0.25) is 0 Å². The molecule has 5 heteroatoms. The first-order valence-corrected chi connectivity index (χ1v) is 7.70. The van der Waals surface area contributed by atoms with E-state index < -0.39 is 0 Å². The van der Waals surface area contributed by atoms with E-state index in [0.717, 1.165) is 11.3 Å². The van der Waals surface area contributed by atoms with Crippen LogP contribution in [0.4, 0.5) is 0 Å². The highest BCUT2D eigenvalue weighted by atomic mass is 32.2. The lowest BCUT2D eigenvalue weighted by molar-refractivity contribution is -0.0300. The van der Waals surface area contributed by atoms with Crippen molar-refractivity contribution in [1.82, 2.24) is 5.32 Å². The number of nitrogens with two attached hydrogens (primary N) is 1. The fourth-order valence-corrected chi connectivity index (χ4v) is 2.61. The van der Waals surface area contributed by atoms with Gasteiger partial charge in [0.1, 0.15) is 0 Å². The number of benzene rings is 1. The van der Waals surface area contributed by atoms with Gasteiger partial charge in [0, 0.05) is 23.1 Å². The molecule has 3 N–H and O–H groups in total. The van der Waals surface area contributed by atoms with Crippen LogP contribution in [0.5, 0.6) is 0 Å². The molecule has 3 unspecified atom stereocenters. The van der Waals surface area contributed by atoms with E-state index in [4.69, 9.17) is 10.5 Å². The van der Waals surface area contributed by atoms with Gasteiger partial charge in [-0.25, -0.2) is 0 Å². The highest BCUT2D eigenvalue weighted by molar-refractivity contribution is 7.98. The number of carbonyl (C=O) groups is 1. The van der Waals surface area contributed by atoms with Gasteiger partial charge in [-0.1, -0.05) is 0 Å². The Hall–Kier alpha value is -1.04. The van der Waals surface area contributed by atoms with Crippen LogP contribution >= 0.6 is 11.8 Å². The molecule has 2 rings (SSSR count). The Morgan fingerprint density at radius 1 is 1.47 bits per heavy atom. The van der Waals surface area contributed by atoms with Crippen molar-refractivity contribution in [2.45, 2.75) is 36.4 Å². The van der Waals surface area contributed by atoms with Crippen molar-refractivity contribution in [3.8, 4) is 0 Å². The minimum absolute atomic E-state index is 0.00836. The van der Waals surface area contributed by atoms with E-state index in [1.54, 1.807) is 11.8 Å². The van der Waals surface area contributed by atoms with E-state index in [0.29, 0.717) is 12.2 Å². The normalized spacial score (nSPS) is 25.7. The van der Waals surface area contributed by atoms with Crippen LogP contribution in [0.15, 0.2) is 29.2 Å². The highest BCUT2D eigenvalue weighted by Gasteiger charge is 2.40. The Morgan fingerprint density at radius 2 is 2.16 bits per heavy atom. The summed E-state index contributed by atoms with van der Waals surface area (Å²) >= 11 is 1.65. The summed E-state index contributed by atoms with van der Waals surface area (Å²) in [7, 11) is 0. The van der Waals surface area contributed by atoms with E-state index in [9.17, 15) is 4.79 Å². The van der Waals surface area contributed by atoms with Gasteiger partial charge >= 0.3 is 0 Å². The zero-order chi connectivity index (χ0) is 13.8. The van der Waals surface area contributed by atoms with E-state index in [-0.39, 0.29) is 24.1 Å². The second kappa shape index (κ2) is 6.41. The molecule has 1 saturated carbocycles. The summed E-state index contributed by atoms with van der Waals surface area (Å²) in [6, 6.07) is 7.47. The Bertz CT molecular complexity index is 434. The fourth-order valence-electron chi connectivity index (χ4n) is 2.20. The molecule has 0 spiro atoms. The number of ether oxygens (including phenoxy) is 1. The Morgan fingerprint density at radius 3 is 2.68 bits per heavy atom. The van der Waals surface area contributed by atoms with Crippen LogP contribution < -0.4 is 11.1 Å². The summed E-state index contributed by atoms with van der Waals surface area (Å²) in [5.41, 5.74) is 6.58. The predicted molar refractivity (Wildman–Crippen MR) is 77.5 cm³/mol. The molecule has 0 radical (unpaired) electrons. The number of carbonyl (C=O) groups excluding carboxylic acids is 1. The molecule has 1 aliphatic carbocycles. The van der Waals surface area contributed by atoms with Crippen molar-refractivity contribution < 1.29 is 9.53 Å². The largest absolute Gasteiger partial charge is 0.376 e. The van der Waals surface area contributed by atoms with Crippen LogP contribution in [0, 0.1) is 0 Å². The first-order chi connectivity index (χ1) is 9.15. The maximum absolute atomic E-state index is 12.1. The van der Waals surface area contributed by atoms with Crippen LogP contribution in [0.1, 0.15) is 23.7 Å². The third-order valence-electron chi connectivity index (χ3n) is 3.40. The molecule has 0 aliphatic heterocycles. The molecule has 19 heavy (non-hydrogen) atoms. The molecule has 1 fully saturated rings. The summed E-state index contributed by atoms with van der Waals surface area (Å²) in [6.07, 6.45) is 2.87.